The molecule has 0 radical (unpaired) electrons. The Kier molecular flexibility index (Phi) is 3.47. The number of rotatable bonds is 3. The van der Waals surface area contributed by atoms with Crippen LogP contribution >= 0.6 is 11.6 Å². The van der Waals surface area contributed by atoms with Crippen LogP contribution < -0.4 is 0 Å². The van der Waals surface area contributed by atoms with Gasteiger partial charge in [-0.3, -0.25) is 0 Å². The van der Waals surface area contributed by atoms with E-state index in [0.29, 0.717) is 22.9 Å². The molecule has 1 N–H and O–H groups in total. The zero-order chi connectivity index (χ0) is 14.1. The number of aliphatic hydroxyl groups excluding tert-OH is 1. The van der Waals surface area contributed by atoms with Crippen LogP contribution in [-0.2, 0) is 6.42 Å². The molecule has 0 spiro atoms. The van der Waals surface area contributed by atoms with Crippen molar-refractivity contribution in [1.29, 1.82) is 0 Å². The molecule has 4 heteroatoms. The lowest BCUT2D eigenvalue weighted by Gasteiger charge is -2.12. The molecule has 1 heterocycles. The van der Waals surface area contributed by atoms with Crippen molar-refractivity contribution >= 4 is 22.7 Å². The summed E-state index contributed by atoms with van der Waals surface area (Å²) in [6.45, 7) is 1.91. The average Bonchev–Trinajstić information content (AvgIpc) is 2.83. The van der Waals surface area contributed by atoms with Crippen molar-refractivity contribution < 1.29 is 9.52 Å². The molecule has 1 aromatic heterocycles. The van der Waals surface area contributed by atoms with E-state index >= 15 is 0 Å². The first-order valence-electron chi connectivity index (χ1n) is 6.42. The Balaban J connectivity index is 1.88. The third-order valence-electron chi connectivity index (χ3n) is 3.29. The molecule has 1 unspecified atom stereocenters. The minimum absolute atomic E-state index is 0.303. The van der Waals surface area contributed by atoms with Gasteiger partial charge in [-0.25, -0.2) is 4.98 Å². The fourth-order valence-electron chi connectivity index (χ4n) is 2.21. The summed E-state index contributed by atoms with van der Waals surface area (Å²) in [7, 11) is 0. The Hall–Kier alpha value is -1.84. The number of hydrogen-bond donors (Lipinski definition) is 1. The summed E-state index contributed by atoms with van der Waals surface area (Å²) >= 11 is 6.22. The number of para-hydroxylation sites is 2. The highest BCUT2D eigenvalue weighted by Gasteiger charge is 2.16. The monoisotopic (exact) mass is 287 g/mol. The van der Waals surface area contributed by atoms with E-state index in [9.17, 15) is 5.11 Å². The SMILES string of the molecule is Cc1cccc(C(O)Cc2nc3ccccc3o2)c1Cl. The zero-order valence-corrected chi connectivity index (χ0v) is 11.8. The summed E-state index contributed by atoms with van der Waals surface area (Å²) in [6.07, 6.45) is -0.423. The topological polar surface area (TPSA) is 46.3 Å². The summed E-state index contributed by atoms with van der Waals surface area (Å²) < 4.78 is 5.62. The van der Waals surface area contributed by atoms with E-state index in [2.05, 4.69) is 4.98 Å². The van der Waals surface area contributed by atoms with Gasteiger partial charge in [0, 0.05) is 5.02 Å². The lowest BCUT2D eigenvalue weighted by Crippen LogP contribution is -2.03. The van der Waals surface area contributed by atoms with Gasteiger partial charge in [0.05, 0.1) is 12.5 Å². The quantitative estimate of drug-likeness (QED) is 0.790. The summed E-state index contributed by atoms with van der Waals surface area (Å²) in [5, 5.41) is 10.9. The Bertz CT molecular complexity index is 718. The van der Waals surface area contributed by atoms with E-state index < -0.39 is 6.10 Å². The standard InChI is InChI=1S/C16H14ClNO2/c1-10-5-4-6-11(16(10)17)13(19)9-15-18-12-7-2-3-8-14(12)20-15/h2-8,13,19H,9H2,1H3. The van der Waals surface area contributed by atoms with Crippen LogP contribution in [0.3, 0.4) is 0 Å². The van der Waals surface area contributed by atoms with Crippen molar-refractivity contribution in [2.75, 3.05) is 0 Å². The molecule has 2 aromatic carbocycles. The Morgan fingerprint density at radius 2 is 2.00 bits per heavy atom. The molecule has 3 rings (SSSR count). The van der Waals surface area contributed by atoms with Gasteiger partial charge in [0.2, 0.25) is 0 Å². The molecule has 0 bridgehead atoms. The predicted octanol–water partition coefficient (Wildman–Crippen LogP) is 4.07. The van der Waals surface area contributed by atoms with Gasteiger partial charge >= 0.3 is 0 Å². The Labute approximate surface area is 121 Å². The molecule has 0 aliphatic carbocycles. The maximum atomic E-state index is 10.3. The van der Waals surface area contributed by atoms with Gasteiger partial charge in [0.1, 0.15) is 5.52 Å². The van der Waals surface area contributed by atoms with Crippen LogP contribution in [0.2, 0.25) is 5.02 Å². The smallest absolute Gasteiger partial charge is 0.198 e. The number of hydrogen-bond acceptors (Lipinski definition) is 3. The highest BCUT2D eigenvalue weighted by molar-refractivity contribution is 6.32. The minimum Gasteiger partial charge on any atom is -0.441 e. The van der Waals surface area contributed by atoms with Crippen LogP contribution in [-0.4, -0.2) is 10.1 Å². The predicted molar refractivity (Wildman–Crippen MR) is 78.9 cm³/mol. The number of fused-ring (bicyclic) bond motifs is 1. The number of halogens is 1. The number of oxazole rings is 1. The van der Waals surface area contributed by atoms with Crippen LogP contribution in [0.4, 0.5) is 0 Å². The average molecular weight is 288 g/mol. The summed E-state index contributed by atoms with van der Waals surface area (Å²) in [6, 6.07) is 13.2. The van der Waals surface area contributed by atoms with E-state index in [-0.39, 0.29) is 0 Å². The number of aryl methyl sites for hydroxylation is 1. The van der Waals surface area contributed by atoms with Crippen LogP contribution in [0.25, 0.3) is 11.1 Å². The molecule has 0 saturated heterocycles. The number of benzene rings is 2. The zero-order valence-electron chi connectivity index (χ0n) is 11.0. The molecule has 0 saturated carbocycles. The maximum absolute atomic E-state index is 10.3. The normalized spacial score (nSPS) is 12.8. The maximum Gasteiger partial charge on any atom is 0.198 e. The van der Waals surface area contributed by atoms with Crippen molar-refractivity contribution in [2.45, 2.75) is 19.4 Å². The van der Waals surface area contributed by atoms with Crippen molar-refractivity contribution in [3.63, 3.8) is 0 Å². The molecule has 0 aliphatic heterocycles. The molecule has 3 nitrogen and oxygen atoms in total. The lowest BCUT2D eigenvalue weighted by molar-refractivity contribution is 0.169. The van der Waals surface area contributed by atoms with E-state index in [1.165, 1.54) is 0 Å². The van der Waals surface area contributed by atoms with Gasteiger partial charge in [0.15, 0.2) is 11.5 Å². The van der Waals surface area contributed by atoms with Gasteiger partial charge in [-0.15, -0.1) is 0 Å². The van der Waals surface area contributed by atoms with E-state index in [1.807, 2.05) is 49.4 Å². The van der Waals surface area contributed by atoms with Crippen LogP contribution in [0, 0.1) is 6.92 Å². The summed E-state index contributed by atoms with van der Waals surface area (Å²) in [5.74, 6) is 0.510. The molecule has 1 atom stereocenters. The molecule has 0 fully saturated rings. The second kappa shape index (κ2) is 5.27. The van der Waals surface area contributed by atoms with Crippen molar-refractivity contribution in [3.8, 4) is 0 Å². The molecular weight excluding hydrogens is 274 g/mol. The molecule has 0 amide bonds. The van der Waals surface area contributed by atoms with Gasteiger partial charge in [-0.1, -0.05) is 41.9 Å². The number of aliphatic hydroxyl groups is 1. The lowest BCUT2D eigenvalue weighted by atomic mass is 10.0. The van der Waals surface area contributed by atoms with Crippen LogP contribution in [0.5, 0.6) is 0 Å². The fourth-order valence-corrected chi connectivity index (χ4v) is 2.46. The molecule has 3 aromatic rings. The Morgan fingerprint density at radius 3 is 2.80 bits per heavy atom. The van der Waals surface area contributed by atoms with E-state index in [4.69, 9.17) is 16.0 Å². The molecule has 20 heavy (non-hydrogen) atoms. The van der Waals surface area contributed by atoms with E-state index in [0.717, 1.165) is 16.7 Å². The van der Waals surface area contributed by atoms with Crippen LogP contribution in [0.1, 0.15) is 23.1 Å². The van der Waals surface area contributed by atoms with Crippen LogP contribution in [0.15, 0.2) is 46.9 Å². The molecular formula is C16H14ClNO2. The largest absolute Gasteiger partial charge is 0.441 e. The van der Waals surface area contributed by atoms with Crippen molar-refractivity contribution in [1.82, 2.24) is 4.98 Å². The minimum atomic E-state index is -0.726. The van der Waals surface area contributed by atoms with Gasteiger partial charge in [0.25, 0.3) is 0 Å². The summed E-state index contributed by atoms with van der Waals surface area (Å²) in [5.41, 5.74) is 3.17. The number of nitrogens with zero attached hydrogens (tertiary/aromatic N) is 1. The highest BCUT2D eigenvalue weighted by Crippen LogP contribution is 2.28. The fraction of sp³-hybridized carbons (Fsp3) is 0.188. The second-order valence-electron chi connectivity index (χ2n) is 4.77. The first-order chi connectivity index (χ1) is 9.65. The molecule has 0 aliphatic rings. The first kappa shape index (κ1) is 13.2. The van der Waals surface area contributed by atoms with Crippen molar-refractivity contribution in [3.05, 3.63) is 64.5 Å². The third kappa shape index (κ3) is 2.42. The first-order valence-corrected chi connectivity index (χ1v) is 6.80. The second-order valence-corrected chi connectivity index (χ2v) is 5.15. The van der Waals surface area contributed by atoms with Crippen molar-refractivity contribution in [2.24, 2.45) is 0 Å². The van der Waals surface area contributed by atoms with Gasteiger partial charge in [-0.05, 0) is 30.2 Å². The van der Waals surface area contributed by atoms with Gasteiger partial charge < -0.3 is 9.52 Å². The van der Waals surface area contributed by atoms with E-state index in [1.54, 1.807) is 0 Å². The molecule has 102 valence electrons. The van der Waals surface area contributed by atoms with Gasteiger partial charge in [-0.2, -0.15) is 0 Å². The summed E-state index contributed by atoms with van der Waals surface area (Å²) in [4.78, 5) is 4.36. The Morgan fingerprint density at radius 1 is 1.20 bits per heavy atom. The highest BCUT2D eigenvalue weighted by atomic mass is 35.5. The third-order valence-corrected chi connectivity index (χ3v) is 3.80. The number of aromatic nitrogens is 1.